The fourth-order valence-corrected chi connectivity index (χ4v) is 3.95. The number of benzene rings is 1. The van der Waals surface area contributed by atoms with E-state index in [1.54, 1.807) is 0 Å². The SMILES string of the molecule is N=C1CCCCC1N1CCC(Cc2ccc(Cl)cc2)CC1. The molecule has 0 amide bonds. The maximum absolute atomic E-state index is 8.18. The lowest BCUT2D eigenvalue weighted by molar-refractivity contribution is 0.151. The summed E-state index contributed by atoms with van der Waals surface area (Å²) in [6.07, 6.45) is 8.47. The molecule has 3 rings (SSSR count). The van der Waals surface area contributed by atoms with Gasteiger partial charge in [-0.25, -0.2) is 0 Å². The smallest absolute Gasteiger partial charge is 0.0474 e. The molecule has 114 valence electrons. The third kappa shape index (κ3) is 3.87. The standard InChI is InChI=1S/C18H25ClN2/c19-16-7-5-14(6-8-16)13-15-9-11-21(12-10-15)18-4-2-1-3-17(18)20/h5-8,15,18,20H,1-4,9-13H2. The lowest BCUT2D eigenvalue weighted by Crippen LogP contribution is -2.46. The summed E-state index contributed by atoms with van der Waals surface area (Å²) < 4.78 is 0. The Labute approximate surface area is 133 Å². The summed E-state index contributed by atoms with van der Waals surface area (Å²) in [7, 11) is 0. The van der Waals surface area contributed by atoms with Crippen LogP contribution in [-0.4, -0.2) is 29.7 Å². The second kappa shape index (κ2) is 6.93. The van der Waals surface area contributed by atoms with Gasteiger partial charge in [-0.2, -0.15) is 0 Å². The van der Waals surface area contributed by atoms with Crippen LogP contribution in [0.5, 0.6) is 0 Å². The van der Waals surface area contributed by atoms with Gasteiger partial charge in [0.05, 0.1) is 0 Å². The Morgan fingerprint density at radius 2 is 1.76 bits per heavy atom. The summed E-state index contributed by atoms with van der Waals surface area (Å²) in [5, 5.41) is 9.00. The van der Waals surface area contributed by atoms with E-state index in [0.717, 1.165) is 23.1 Å². The first-order chi connectivity index (χ1) is 10.2. The molecular weight excluding hydrogens is 280 g/mol. The minimum Gasteiger partial charge on any atom is -0.308 e. The van der Waals surface area contributed by atoms with Gasteiger partial charge in [-0.1, -0.05) is 30.2 Å². The molecule has 0 bridgehead atoms. The van der Waals surface area contributed by atoms with Crippen LogP contribution in [-0.2, 0) is 6.42 Å². The minimum absolute atomic E-state index is 0.454. The number of hydrogen-bond acceptors (Lipinski definition) is 2. The van der Waals surface area contributed by atoms with E-state index < -0.39 is 0 Å². The number of rotatable bonds is 3. The Balaban J connectivity index is 1.50. The van der Waals surface area contributed by atoms with Crippen LogP contribution < -0.4 is 0 Å². The summed E-state index contributed by atoms with van der Waals surface area (Å²) >= 11 is 5.95. The summed E-state index contributed by atoms with van der Waals surface area (Å²) in [6.45, 7) is 2.34. The van der Waals surface area contributed by atoms with Gasteiger partial charge in [-0.05, 0) is 75.2 Å². The zero-order valence-corrected chi connectivity index (χ0v) is 13.4. The molecule has 2 nitrogen and oxygen atoms in total. The van der Waals surface area contributed by atoms with E-state index in [1.165, 1.54) is 57.2 Å². The van der Waals surface area contributed by atoms with Crippen molar-refractivity contribution >= 4 is 17.3 Å². The van der Waals surface area contributed by atoms with Crippen molar-refractivity contribution in [2.24, 2.45) is 5.92 Å². The van der Waals surface area contributed by atoms with E-state index in [9.17, 15) is 0 Å². The number of halogens is 1. The Morgan fingerprint density at radius 3 is 2.43 bits per heavy atom. The van der Waals surface area contributed by atoms with Gasteiger partial charge >= 0.3 is 0 Å². The topological polar surface area (TPSA) is 27.1 Å². The fraction of sp³-hybridized carbons (Fsp3) is 0.611. The van der Waals surface area contributed by atoms with Crippen LogP contribution in [0.15, 0.2) is 24.3 Å². The minimum atomic E-state index is 0.454. The van der Waals surface area contributed by atoms with Gasteiger partial charge in [-0.15, -0.1) is 0 Å². The van der Waals surface area contributed by atoms with E-state index >= 15 is 0 Å². The average Bonchev–Trinajstić information content (AvgIpc) is 2.51. The highest BCUT2D eigenvalue weighted by Gasteiger charge is 2.29. The van der Waals surface area contributed by atoms with Crippen LogP contribution in [0.3, 0.4) is 0 Å². The molecule has 1 heterocycles. The molecule has 1 aromatic carbocycles. The van der Waals surface area contributed by atoms with Crippen molar-refractivity contribution in [1.29, 1.82) is 5.41 Å². The van der Waals surface area contributed by atoms with E-state index in [0.29, 0.717) is 6.04 Å². The van der Waals surface area contributed by atoms with Gasteiger partial charge in [0.15, 0.2) is 0 Å². The van der Waals surface area contributed by atoms with Crippen molar-refractivity contribution in [3.8, 4) is 0 Å². The molecule has 1 aromatic rings. The molecule has 1 unspecified atom stereocenters. The highest BCUT2D eigenvalue weighted by atomic mass is 35.5. The molecule has 1 saturated heterocycles. The molecule has 21 heavy (non-hydrogen) atoms. The summed E-state index contributed by atoms with van der Waals surface area (Å²) in [5.74, 6) is 0.792. The van der Waals surface area contributed by atoms with Gasteiger partial charge in [0.2, 0.25) is 0 Å². The average molecular weight is 305 g/mol. The van der Waals surface area contributed by atoms with Gasteiger partial charge in [0.25, 0.3) is 0 Å². The van der Waals surface area contributed by atoms with E-state index in [4.69, 9.17) is 17.0 Å². The Hall–Kier alpha value is -0.860. The molecular formula is C18H25ClN2. The summed E-state index contributed by atoms with van der Waals surface area (Å²) in [6, 6.07) is 8.76. The molecule has 0 spiro atoms. The zero-order chi connectivity index (χ0) is 14.7. The predicted octanol–water partition coefficient (Wildman–Crippen LogP) is 4.56. The fourth-order valence-electron chi connectivity index (χ4n) is 3.82. The normalized spacial score (nSPS) is 25.2. The van der Waals surface area contributed by atoms with Crippen molar-refractivity contribution in [1.82, 2.24) is 4.90 Å². The van der Waals surface area contributed by atoms with Crippen molar-refractivity contribution in [2.75, 3.05) is 13.1 Å². The lowest BCUT2D eigenvalue weighted by atomic mass is 9.86. The monoisotopic (exact) mass is 304 g/mol. The van der Waals surface area contributed by atoms with Gasteiger partial charge in [0, 0.05) is 16.8 Å². The number of nitrogens with zero attached hydrogens (tertiary/aromatic N) is 1. The molecule has 1 aliphatic carbocycles. The Kier molecular flexibility index (Phi) is 4.97. The summed E-state index contributed by atoms with van der Waals surface area (Å²) in [4.78, 5) is 2.57. The predicted molar refractivity (Wildman–Crippen MR) is 89.4 cm³/mol. The van der Waals surface area contributed by atoms with Crippen LogP contribution >= 0.6 is 11.6 Å². The highest BCUT2D eigenvalue weighted by molar-refractivity contribution is 6.30. The zero-order valence-electron chi connectivity index (χ0n) is 12.7. The third-order valence-corrected chi connectivity index (χ3v) is 5.36. The first-order valence-electron chi connectivity index (χ1n) is 8.28. The molecule has 2 fully saturated rings. The largest absolute Gasteiger partial charge is 0.308 e. The van der Waals surface area contributed by atoms with Gasteiger partial charge in [0.1, 0.15) is 0 Å². The van der Waals surface area contributed by atoms with E-state index in [1.807, 2.05) is 12.1 Å². The van der Waals surface area contributed by atoms with Crippen LogP contribution in [0, 0.1) is 11.3 Å². The van der Waals surface area contributed by atoms with Crippen LogP contribution in [0.4, 0.5) is 0 Å². The second-order valence-corrected chi connectivity index (χ2v) is 7.03. The molecule has 0 aromatic heterocycles. The maximum Gasteiger partial charge on any atom is 0.0474 e. The first-order valence-corrected chi connectivity index (χ1v) is 8.66. The van der Waals surface area contributed by atoms with Gasteiger partial charge in [-0.3, -0.25) is 4.90 Å². The maximum atomic E-state index is 8.18. The first kappa shape index (κ1) is 15.1. The van der Waals surface area contributed by atoms with Crippen molar-refractivity contribution < 1.29 is 0 Å². The molecule has 1 N–H and O–H groups in total. The highest BCUT2D eigenvalue weighted by Crippen LogP contribution is 2.27. The number of piperidine rings is 1. The summed E-state index contributed by atoms with van der Waals surface area (Å²) in [5.41, 5.74) is 2.39. The molecule has 2 aliphatic rings. The second-order valence-electron chi connectivity index (χ2n) is 6.60. The van der Waals surface area contributed by atoms with Crippen LogP contribution in [0.1, 0.15) is 44.1 Å². The van der Waals surface area contributed by atoms with E-state index in [-0.39, 0.29) is 0 Å². The van der Waals surface area contributed by atoms with E-state index in [2.05, 4.69) is 17.0 Å². The van der Waals surface area contributed by atoms with Crippen molar-refractivity contribution in [2.45, 2.75) is 51.0 Å². The Bertz CT molecular complexity index is 474. The molecule has 3 heteroatoms. The molecule has 1 saturated carbocycles. The van der Waals surface area contributed by atoms with Crippen molar-refractivity contribution in [3.63, 3.8) is 0 Å². The van der Waals surface area contributed by atoms with Crippen molar-refractivity contribution in [3.05, 3.63) is 34.9 Å². The number of nitrogens with one attached hydrogen (secondary N) is 1. The lowest BCUT2D eigenvalue weighted by Gasteiger charge is -2.39. The molecule has 1 atom stereocenters. The quantitative estimate of drug-likeness (QED) is 0.871. The molecule has 0 radical (unpaired) electrons. The Morgan fingerprint density at radius 1 is 1.05 bits per heavy atom. The number of hydrogen-bond donors (Lipinski definition) is 1. The van der Waals surface area contributed by atoms with Crippen LogP contribution in [0.2, 0.25) is 5.02 Å². The molecule has 1 aliphatic heterocycles. The van der Waals surface area contributed by atoms with Crippen LogP contribution in [0.25, 0.3) is 0 Å². The number of likely N-dealkylation sites (tertiary alicyclic amines) is 1. The third-order valence-electron chi connectivity index (χ3n) is 5.10. The van der Waals surface area contributed by atoms with Gasteiger partial charge < -0.3 is 5.41 Å².